The minimum absolute atomic E-state index is 0.162. The molecule has 1 rings (SSSR count). The first kappa shape index (κ1) is 20.0. The number of ketones is 1. The summed E-state index contributed by atoms with van der Waals surface area (Å²) in [5, 5.41) is 20.0. The summed E-state index contributed by atoms with van der Waals surface area (Å²) in [6.45, 7) is 2.97. The largest absolute Gasteiger partial charge is 0.393 e. The Labute approximate surface area is 137 Å². The Kier molecular flexibility index (Phi) is 8.06. The van der Waals surface area contributed by atoms with Crippen molar-refractivity contribution in [2.45, 2.75) is 70.5 Å². The zero-order valence-electron chi connectivity index (χ0n) is 13.9. The van der Waals surface area contributed by atoms with E-state index in [1.165, 1.54) is 13.0 Å². The van der Waals surface area contributed by atoms with E-state index in [9.17, 15) is 23.8 Å². The summed E-state index contributed by atoms with van der Waals surface area (Å²) in [6, 6.07) is 0. The molecule has 132 valence electrons. The Morgan fingerprint density at radius 1 is 1.26 bits per heavy atom. The highest BCUT2D eigenvalue weighted by Crippen LogP contribution is 2.37. The number of aliphatic hydroxyl groups is 2. The molecule has 2 N–H and O–H groups in total. The van der Waals surface area contributed by atoms with Crippen LogP contribution in [0.5, 0.6) is 0 Å². The second-order valence-corrected chi connectivity index (χ2v) is 6.39. The van der Waals surface area contributed by atoms with Gasteiger partial charge < -0.3 is 15.0 Å². The third kappa shape index (κ3) is 6.92. The van der Waals surface area contributed by atoms with Crippen LogP contribution in [-0.2, 0) is 4.79 Å². The van der Waals surface area contributed by atoms with Crippen LogP contribution in [0.25, 0.3) is 0 Å². The van der Waals surface area contributed by atoms with Crippen molar-refractivity contribution < 1.29 is 23.8 Å². The molecule has 1 aliphatic rings. The van der Waals surface area contributed by atoms with Crippen molar-refractivity contribution in [2.24, 2.45) is 11.8 Å². The monoisotopic (exact) mass is 330 g/mol. The summed E-state index contributed by atoms with van der Waals surface area (Å²) in [4.78, 5) is 10.8. The van der Waals surface area contributed by atoms with E-state index in [-0.39, 0.29) is 24.5 Å². The van der Waals surface area contributed by atoms with Crippen molar-refractivity contribution in [1.82, 2.24) is 0 Å². The van der Waals surface area contributed by atoms with Crippen LogP contribution in [0.2, 0.25) is 0 Å². The maximum atomic E-state index is 13.3. The Morgan fingerprint density at radius 3 is 2.57 bits per heavy atom. The number of unbranched alkanes of at least 4 members (excludes halogenated alkanes) is 1. The number of halogens is 2. The number of aliphatic hydroxyl groups excluding tert-OH is 2. The molecule has 0 spiro atoms. The fraction of sp³-hybridized carbons (Fsp3) is 0.722. The average Bonchev–Trinajstić information content (AvgIpc) is 2.74. The number of rotatable bonds is 9. The molecule has 0 bridgehead atoms. The molecule has 1 aliphatic carbocycles. The van der Waals surface area contributed by atoms with Crippen LogP contribution in [0.3, 0.4) is 0 Å². The molecule has 3 nitrogen and oxygen atoms in total. The Hall–Kier alpha value is -1.07. The van der Waals surface area contributed by atoms with E-state index in [2.05, 4.69) is 0 Å². The SMILES string of the molecule is CCC(F)(F)/C=C/[C@@H]1[C@@H](C/C=C\CCCC(C)=O)[C@@H](O)C[C@H]1O. The zero-order chi connectivity index (χ0) is 17.5. The molecule has 4 atom stereocenters. The van der Waals surface area contributed by atoms with Gasteiger partial charge in [-0.05, 0) is 38.2 Å². The summed E-state index contributed by atoms with van der Waals surface area (Å²) in [5.74, 6) is -3.42. The maximum absolute atomic E-state index is 13.3. The Balaban J connectivity index is 2.56. The predicted octanol–water partition coefficient (Wildman–Crippen LogP) is 3.65. The predicted molar refractivity (Wildman–Crippen MR) is 86.3 cm³/mol. The third-order valence-electron chi connectivity index (χ3n) is 4.42. The molecule has 0 aromatic rings. The summed E-state index contributed by atoms with van der Waals surface area (Å²) >= 11 is 0. The van der Waals surface area contributed by atoms with Crippen LogP contribution >= 0.6 is 0 Å². The first-order valence-electron chi connectivity index (χ1n) is 8.34. The van der Waals surface area contributed by atoms with E-state index in [4.69, 9.17) is 0 Å². The molecule has 5 heteroatoms. The minimum Gasteiger partial charge on any atom is -0.393 e. The average molecular weight is 330 g/mol. The van der Waals surface area contributed by atoms with Crippen LogP contribution in [0.15, 0.2) is 24.3 Å². The number of carbonyl (C=O) groups excluding carboxylic acids is 1. The van der Waals surface area contributed by atoms with E-state index in [0.717, 1.165) is 18.9 Å². The number of Topliss-reactive ketones (excluding diaryl/α,β-unsaturated/α-hetero) is 1. The highest BCUT2D eigenvalue weighted by atomic mass is 19.3. The molecular formula is C18H28F2O3. The van der Waals surface area contributed by atoms with Gasteiger partial charge >= 0.3 is 0 Å². The number of carbonyl (C=O) groups is 1. The zero-order valence-corrected chi connectivity index (χ0v) is 13.9. The van der Waals surface area contributed by atoms with E-state index >= 15 is 0 Å². The number of hydrogen-bond acceptors (Lipinski definition) is 3. The van der Waals surface area contributed by atoms with Gasteiger partial charge in [-0.3, -0.25) is 0 Å². The second-order valence-electron chi connectivity index (χ2n) is 6.39. The van der Waals surface area contributed by atoms with Gasteiger partial charge in [-0.1, -0.05) is 25.2 Å². The fourth-order valence-electron chi connectivity index (χ4n) is 2.92. The minimum atomic E-state index is -2.87. The molecule has 1 saturated carbocycles. The smallest absolute Gasteiger partial charge is 0.266 e. The van der Waals surface area contributed by atoms with Gasteiger partial charge in [0.15, 0.2) is 0 Å². The second kappa shape index (κ2) is 9.28. The lowest BCUT2D eigenvalue weighted by Gasteiger charge is -2.20. The van der Waals surface area contributed by atoms with Crippen LogP contribution in [0.1, 0.15) is 52.4 Å². The molecule has 0 heterocycles. The quantitative estimate of drug-likeness (QED) is 0.501. The molecule has 0 aliphatic heterocycles. The molecule has 1 fully saturated rings. The molecule has 0 radical (unpaired) electrons. The van der Waals surface area contributed by atoms with Gasteiger partial charge in [-0.2, -0.15) is 0 Å². The molecule has 0 unspecified atom stereocenters. The Bertz CT molecular complexity index is 432. The molecule has 0 aromatic heterocycles. The third-order valence-corrected chi connectivity index (χ3v) is 4.42. The summed E-state index contributed by atoms with van der Waals surface area (Å²) in [6.07, 6.45) is 7.17. The van der Waals surface area contributed by atoms with Crippen LogP contribution in [0, 0.1) is 11.8 Å². The van der Waals surface area contributed by atoms with Gasteiger partial charge in [0.2, 0.25) is 0 Å². The molecule has 0 aromatic carbocycles. The van der Waals surface area contributed by atoms with Crippen molar-refractivity contribution in [3.63, 3.8) is 0 Å². The molecule has 0 amide bonds. The number of hydrogen-bond donors (Lipinski definition) is 2. The van der Waals surface area contributed by atoms with Gasteiger partial charge in [0.25, 0.3) is 5.92 Å². The lowest BCUT2D eigenvalue weighted by molar-refractivity contribution is -0.117. The highest BCUT2D eigenvalue weighted by molar-refractivity contribution is 5.75. The van der Waals surface area contributed by atoms with E-state index < -0.39 is 24.0 Å². The van der Waals surface area contributed by atoms with Gasteiger partial charge in [0.05, 0.1) is 12.2 Å². The summed E-state index contributed by atoms with van der Waals surface area (Å²) in [7, 11) is 0. The molecular weight excluding hydrogens is 302 g/mol. The van der Waals surface area contributed by atoms with Crippen molar-refractivity contribution >= 4 is 5.78 Å². The molecule has 0 saturated heterocycles. The van der Waals surface area contributed by atoms with Crippen LogP contribution < -0.4 is 0 Å². The normalized spacial score (nSPS) is 29.0. The van der Waals surface area contributed by atoms with Crippen molar-refractivity contribution in [2.75, 3.05) is 0 Å². The Morgan fingerprint density at radius 2 is 1.96 bits per heavy atom. The highest BCUT2D eigenvalue weighted by Gasteiger charge is 2.40. The van der Waals surface area contributed by atoms with E-state index in [1.54, 1.807) is 6.92 Å². The lowest BCUT2D eigenvalue weighted by atomic mass is 9.89. The van der Waals surface area contributed by atoms with E-state index in [1.807, 2.05) is 12.2 Å². The van der Waals surface area contributed by atoms with E-state index in [0.29, 0.717) is 12.8 Å². The maximum Gasteiger partial charge on any atom is 0.266 e. The number of alkyl halides is 2. The van der Waals surface area contributed by atoms with Gasteiger partial charge in [-0.25, -0.2) is 8.78 Å². The van der Waals surface area contributed by atoms with Crippen molar-refractivity contribution in [3.8, 4) is 0 Å². The molecule has 23 heavy (non-hydrogen) atoms. The van der Waals surface area contributed by atoms with Crippen molar-refractivity contribution in [1.29, 1.82) is 0 Å². The fourth-order valence-corrected chi connectivity index (χ4v) is 2.92. The first-order valence-corrected chi connectivity index (χ1v) is 8.34. The van der Waals surface area contributed by atoms with Crippen molar-refractivity contribution in [3.05, 3.63) is 24.3 Å². The van der Waals surface area contributed by atoms with Gasteiger partial charge in [0.1, 0.15) is 5.78 Å². The standard InChI is InChI=1S/C18H28F2O3/c1-3-18(19,20)11-10-15-14(16(22)12-17(15)23)9-7-5-4-6-8-13(2)21/h5,7,10-11,14-17,22-23H,3-4,6,8-9,12H2,1-2H3/b7-5-,11-10+/t14-,15-,16+,17-/m1/s1. The topological polar surface area (TPSA) is 57.5 Å². The first-order chi connectivity index (χ1) is 10.8. The lowest BCUT2D eigenvalue weighted by Crippen LogP contribution is -2.21. The van der Waals surface area contributed by atoms with Crippen LogP contribution in [-0.4, -0.2) is 34.1 Å². The summed E-state index contributed by atoms with van der Waals surface area (Å²) < 4.78 is 26.7. The summed E-state index contributed by atoms with van der Waals surface area (Å²) in [5.41, 5.74) is 0. The van der Waals surface area contributed by atoms with Gasteiger partial charge in [0, 0.05) is 25.2 Å². The van der Waals surface area contributed by atoms with Crippen LogP contribution in [0.4, 0.5) is 8.78 Å². The van der Waals surface area contributed by atoms with Gasteiger partial charge in [-0.15, -0.1) is 0 Å². The number of allylic oxidation sites excluding steroid dienone is 3.